The molecule has 1 aliphatic heterocycles. The molecular weight excluding hydrogens is 486 g/mol. The lowest BCUT2D eigenvalue weighted by Crippen LogP contribution is -2.45. The summed E-state index contributed by atoms with van der Waals surface area (Å²) in [5.41, 5.74) is 0.612. The maximum absolute atomic E-state index is 12.9. The van der Waals surface area contributed by atoms with E-state index >= 15 is 0 Å². The summed E-state index contributed by atoms with van der Waals surface area (Å²) in [6.07, 6.45) is 1.42. The van der Waals surface area contributed by atoms with Gasteiger partial charge in [-0.15, -0.1) is 11.8 Å². The Morgan fingerprint density at radius 3 is 2.58 bits per heavy atom. The lowest BCUT2D eigenvalue weighted by molar-refractivity contribution is -0.137. The van der Waals surface area contributed by atoms with Gasteiger partial charge in [0.05, 0.1) is 19.6 Å². The second kappa shape index (κ2) is 14.1. The summed E-state index contributed by atoms with van der Waals surface area (Å²) in [6.45, 7) is 0.578. The van der Waals surface area contributed by atoms with Gasteiger partial charge in [-0.05, 0) is 49.1 Å². The number of thioether (sulfide) groups is 1. The van der Waals surface area contributed by atoms with E-state index in [1.807, 2.05) is 30.3 Å². The number of methoxy groups -OCH3 is 1. The third kappa shape index (κ3) is 8.88. The molecule has 0 aliphatic carbocycles. The molecule has 2 atom stereocenters. The minimum Gasteiger partial charge on any atom is -0.481 e. The summed E-state index contributed by atoms with van der Waals surface area (Å²) < 4.78 is 15.3. The van der Waals surface area contributed by atoms with Crippen molar-refractivity contribution in [3.63, 3.8) is 0 Å². The van der Waals surface area contributed by atoms with E-state index < -0.39 is 24.1 Å². The highest BCUT2D eigenvalue weighted by molar-refractivity contribution is 7.99. The average molecular weight is 518 g/mol. The van der Waals surface area contributed by atoms with Crippen LogP contribution in [-0.4, -0.2) is 55.4 Å². The Morgan fingerprint density at radius 2 is 1.83 bits per heavy atom. The van der Waals surface area contributed by atoms with Crippen LogP contribution >= 0.6 is 11.8 Å². The monoisotopic (exact) mass is 517 g/mol. The zero-order chi connectivity index (χ0) is 25.8. The molecule has 0 aromatic heterocycles. The number of fused-ring (bicyclic) bond motifs is 1. The number of urea groups is 1. The van der Waals surface area contributed by atoms with E-state index in [4.69, 9.17) is 9.47 Å². The number of unbranched alkanes of at least 4 members (excludes halogenated alkanes) is 1. The number of carbonyl (C=O) groups is 3. The van der Waals surface area contributed by atoms with Crippen LogP contribution < -0.4 is 25.4 Å². The van der Waals surface area contributed by atoms with Gasteiger partial charge in [-0.1, -0.05) is 24.3 Å². The molecule has 0 saturated heterocycles. The van der Waals surface area contributed by atoms with Crippen molar-refractivity contribution in [2.24, 2.45) is 0 Å². The molecule has 0 bridgehead atoms. The zero-order valence-corrected chi connectivity index (χ0v) is 20.8. The first-order valence-electron chi connectivity index (χ1n) is 11.6. The molecule has 1 heterocycles. The number of rotatable bonds is 13. The fourth-order valence-electron chi connectivity index (χ4n) is 3.63. The SMILES string of the molecule is COC(=O)NCCCC[C@@H](CSc1ccccc1)NC(=O)N[C@@H](CC(=O)O)c1ccc2c(c1)OCO2. The van der Waals surface area contributed by atoms with Gasteiger partial charge in [0.2, 0.25) is 6.79 Å². The maximum atomic E-state index is 12.9. The van der Waals surface area contributed by atoms with E-state index in [1.165, 1.54) is 7.11 Å². The van der Waals surface area contributed by atoms with Crippen LogP contribution in [0, 0.1) is 0 Å². The van der Waals surface area contributed by atoms with Crippen molar-refractivity contribution in [3.05, 3.63) is 54.1 Å². The number of amides is 3. The molecule has 10 nitrogen and oxygen atoms in total. The van der Waals surface area contributed by atoms with E-state index in [9.17, 15) is 19.5 Å². The topological polar surface area (TPSA) is 135 Å². The molecule has 4 N–H and O–H groups in total. The van der Waals surface area contributed by atoms with Crippen LogP contribution in [-0.2, 0) is 9.53 Å². The van der Waals surface area contributed by atoms with Crippen molar-refractivity contribution < 1.29 is 33.7 Å². The van der Waals surface area contributed by atoms with Crippen molar-refractivity contribution in [1.29, 1.82) is 0 Å². The highest BCUT2D eigenvalue weighted by Gasteiger charge is 2.23. The molecule has 2 aromatic rings. The number of carboxylic acid groups (broad SMARTS) is 1. The van der Waals surface area contributed by atoms with Crippen LogP contribution in [0.5, 0.6) is 11.5 Å². The van der Waals surface area contributed by atoms with Crippen molar-refractivity contribution in [1.82, 2.24) is 16.0 Å². The van der Waals surface area contributed by atoms with Crippen molar-refractivity contribution >= 4 is 29.9 Å². The van der Waals surface area contributed by atoms with E-state index in [0.29, 0.717) is 35.8 Å². The van der Waals surface area contributed by atoms with E-state index in [2.05, 4.69) is 20.7 Å². The van der Waals surface area contributed by atoms with Gasteiger partial charge in [-0.2, -0.15) is 0 Å². The number of carboxylic acids is 1. The number of carbonyl (C=O) groups excluding carboxylic acids is 2. The minimum absolute atomic E-state index is 0.103. The molecule has 1 aliphatic rings. The van der Waals surface area contributed by atoms with Gasteiger partial charge in [0, 0.05) is 23.2 Å². The Bertz CT molecular complexity index is 1020. The molecule has 194 valence electrons. The zero-order valence-electron chi connectivity index (χ0n) is 20.0. The summed E-state index contributed by atoms with van der Waals surface area (Å²) in [4.78, 5) is 36.7. The Morgan fingerprint density at radius 1 is 1.06 bits per heavy atom. The quantitative estimate of drug-likeness (QED) is 0.232. The highest BCUT2D eigenvalue weighted by Crippen LogP contribution is 2.34. The van der Waals surface area contributed by atoms with E-state index in [-0.39, 0.29) is 19.3 Å². The van der Waals surface area contributed by atoms with Gasteiger partial charge in [-0.3, -0.25) is 4.79 Å². The second-order valence-electron chi connectivity index (χ2n) is 8.12. The molecule has 0 fully saturated rings. The van der Waals surface area contributed by atoms with Crippen LogP contribution in [0.4, 0.5) is 9.59 Å². The lowest BCUT2D eigenvalue weighted by atomic mass is 10.0. The third-order valence-corrected chi connectivity index (χ3v) is 6.62. The predicted octanol–water partition coefficient (Wildman–Crippen LogP) is 3.92. The lowest BCUT2D eigenvalue weighted by Gasteiger charge is -2.22. The fourth-order valence-corrected chi connectivity index (χ4v) is 4.62. The van der Waals surface area contributed by atoms with Gasteiger partial charge in [0.1, 0.15) is 0 Å². The molecule has 0 unspecified atom stereocenters. The summed E-state index contributed by atoms with van der Waals surface area (Å²) in [7, 11) is 1.32. The Labute approximate surface area is 214 Å². The maximum Gasteiger partial charge on any atom is 0.406 e. The molecular formula is C25H31N3O7S. The van der Waals surface area contributed by atoms with Gasteiger partial charge < -0.3 is 35.3 Å². The van der Waals surface area contributed by atoms with E-state index in [1.54, 1.807) is 30.0 Å². The van der Waals surface area contributed by atoms with Gasteiger partial charge in [0.25, 0.3) is 0 Å². The van der Waals surface area contributed by atoms with Crippen LogP contribution in [0.2, 0.25) is 0 Å². The van der Waals surface area contributed by atoms with Crippen molar-refractivity contribution in [3.8, 4) is 11.5 Å². The molecule has 3 amide bonds. The van der Waals surface area contributed by atoms with Crippen molar-refractivity contribution in [2.45, 2.75) is 42.7 Å². The largest absolute Gasteiger partial charge is 0.481 e. The number of ether oxygens (including phenoxy) is 3. The van der Waals surface area contributed by atoms with Crippen LogP contribution in [0.3, 0.4) is 0 Å². The Hall–Kier alpha value is -3.60. The number of benzene rings is 2. The van der Waals surface area contributed by atoms with E-state index in [0.717, 1.165) is 17.7 Å². The summed E-state index contributed by atoms with van der Waals surface area (Å²) in [5.74, 6) is 0.696. The Balaban J connectivity index is 1.60. The molecule has 0 saturated carbocycles. The van der Waals surface area contributed by atoms with Crippen LogP contribution in [0.1, 0.15) is 37.3 Å². The number of aliphatic carboxylic acids is 1. The first-order chi connectivity index (χ1) is 17.4. The summed E-state index contributed by atoms with van der Waals surface area (Å²) in [5, 5.41) is 17.8. The number of alkyl carbamates (subject to hydrolysis) is 1. The summed E-state index contributed by atoms with van der Waals surface area (Å²) in [6, 6.07) is 13.6. The normalized spacial score (nSPS) is 13.4. The molecule has 0 radical (unpaired) electrons. The average Bonchev–Trinajstić information content (AvgIpc) is 3.34. The molecule has 2 aromatic carbocycles. The molecule has 36 heavy (non-hydrogen) atoms. The highest BCUT2D eigenvalue weighted by atomic mass is 32.2. The minimum atomic E-state index is -1.03. The number of nitrogens with one attached hydrogen (secondary N) is 3. The van der Waals surface area contributed by atoms with Crippen LogP contribution in [0.25, 0.3) is 0 Å². The van der Waals surface area contributed by atoms with Gasteiger partial charge >= 0.3 is 18.1 Å². The number of hydrogen-bond donors (Lipinski definition) is 4. The fraction of sp³-hybridized carbons (Fsp3) is 0.400. The second-order valence-corrected chi connectivity index (χ2v) is 9.21. The molecule has 11 heteroatoms. The third-order valence-electron chi connectivity index (χ3n) is 5.45. The van der Waals surface area contributed by atoms with Gasteiger partial charge in [-0.25, -0.2) is 9.59 Å². The van der Waals surface area contributed by atoms with Crippen molar-refractivity contribution in [2.75, 3.05) is 26.2 Å². The smallest absolute Gasteiger partial charge is 0.406 e. The summed E-state index contributed by atoms with van der Waals surface area (Å²) >= 11 is 1.63. The Kier molecular flexibility index (Phi) is 10.6. The molecule has 0 spiro atoms. The molecule has 3 rings (SSSR count). The van der Waals surface area contributed by atoms with Gasteiger partial charge in [0.15, 0.2) is 11.5 Å². The number of hydrogen-bond acceptors (Lipinski definition) is 7. The first kappa shape index (κ1) is 27.0. The van der Waals surface area contributed by atoms with Crippen LogP contribution in [0.15, 0.2) is 53.4 Å². The standard InChI is InChI=1S/C25H31N3O7S/c1-33-25(32)26-12-6-5-7-18(15-36-19-8-3-2-4-9-19)27-24(31)28-20(14-23(29)30)17-10-11-21-22(13-17)35-16-34-21/h2-4,8-11,13,18,20H,5-7,12,14-16H2,1H3,(H,26,32)(H,29,30)(H2,27,28,31)/t18-,20-/m0/s1. The predicted molar refractivity (Wildman–Crippen MR) is 134 cm³/mol. The first-order valence-corrected chi connectivity index (χ1v) is 12.6.